The van der Waals surface area contributed by atoms with Gasteiger partial charge >= 0.3 is 0 Å². The molecule has 0 amide bonds. The van der Waals surface area contributed by atoms with E-state index in [-0.39, 0.29) is 6.71 Å². The number of benzene rings is 9. The summed E-state index contributed by atoms with van der Waals surface area (Å²) in [5.74, 6) is 0.413. The SMILES string of the molecule is Cc1cccc(C)c1-c1ccc2c(c1)N(c1ccccc1)c1cccc3c1B2c1sc2cc4c(cc2c1N3c1ccccc1)-c1ccc(C(C)C)cc1C41c2ccccc2-c2ccccc21. The molecule has 0 N–H and O–H groups in total. The molecule has 0 atom stereocenters. The van der Waals surface area contributed by atoms with Crippen molar-refractivity contribution in [2.45, 2.75) is 39.0 Å². The lowest BCUT2D eigenvalue weighted by molar-refractivity contribution is 0.785. The molecule has 0 saturated carbocycles. The molecule has 0 bridgehead atoms. The fraction of sp³-hybridized carbons (Fsp3) is 0.0968. The van der Waals surface area contributed by atoms with Crippen LogP contribution in [0.3, 0.4) is 0 Å². The Morgan fingerprint density at radius 1 is 0.485 bits per heavy atom. The summed E-state index contributed by atoms with van der Waals surface area (Å²) < 4.78 is 2.72. The Bertz CT molecular complexity index is 3610. The van der Waals surface area contributed by atoms with Gasteiger partial charge in [-0.1, -0.05) is 153 Å². The highest BCUT2D eigenvalue weighted by molar-refractivity contribution is 7.33. The Kier molecular flexibility index (Phi) is 7.94. The monoisotopic (exact) mass is 860 g/mol. The lowest BCUT2D eigenvalue weighted by Crippen LogP contribution is -2.60. The van der Waals surface area contributed by atoms with Gasteiger partial charge in [-0.15, -0.1) is 11.3 Å². The van der Waals surface area contributed by atoms with Gasteiger partial charge < -0.3 is 9.80 Å². The number of hydrogen-bond acceptors (Lipinski definition) is 3. The number of para-hydroxylation sites is 2. The van der Waals surface area contributed by atoms with Crippen LogP contribution in [-0.2, 0) is 5.41 Å². The summed E-state index contributed by atoms with van der Waals surface area (Å²) in [6, 6.07) is 74.0. The molecule has 0 fully saturated rings. The number of nitrogens with zero attached hydrogens (tertiary/aromatic N) is 2. The average molecular weight is 861 g/mol. The van der Waals surface area contributed by atoms with E-state index in [2.05, 4.69) is 232 Å². The summed E-state index contributed by atoms with van der Waals surface area (Å²) in [5.41, 5.74) is 27.1. The van der Waals surface area contributed by atoms with Gasteiger partial charge in [0, 0.05) is 43.3 Å². The van der Waals surface area contributed by atoms with E-state index in [1.165, 1.54) is 127 Å². The maximum Gasteiger partial charge on any atom is 0.264 e. The average Bonchev–Trinajstić information content (AvgIpc) is 3.97. The third kappa shape index (κ3) is 4.92. The molecule has 10 aromatic rings. The van der Waals surface area contributed by atoms with Gasteiger partial charge in [-0.2, -0.15) is 0 Å². The van der Waals surface area contributed by atoms with Crippen molar-refractivity contribution in [1.82, 2.24) is 0 Å². The van der Waals surface area contributed by atoms with Crippen LogP contribution >= 0.6 is 11.3 Å². The van der Waals surface area contributed by atoms with Crippen molar-refractivity contribution in [2.75, 3.05) is 9.80 Å². The van der Waals surface area contributed by atoms with Gasteiger partial charge in [0.15, 0.2) is 0 Å². The topological polar surface area (TPSA) is 6.48 Å². The molecule has 1 spiro atoms. The molecule has 3 heterocycles. The zero-order chi connectivity index (χ0) is 44.0. The van der Waals surface area contributed by atoms with E-state index in [1.807, 2.05) is 11.3 Å². The standard InChI is InChI=1S/C62H45BN2S/c1-37(2)40-29-31-46-47-35-48-57(36-52(47)62(51(46)33-40)49-25-13-11-23-44(49)45-24-12-14-26-50(45)62)66-61-60(48)65(43-21-9-6-10-22-43)55-28-16-27-54-59(55)63(61)53-32-30-41(58-38(3)17-15-18-39(58)4)34-56(53)64(54)42-19-7-5-8-20-42/h5-37H,1-4H3. The lowest BCUT2D eigenvalue weighted by atomic mass is 9.36. The maximum absolute atomic E-state index is 2.61. The molecule has 2 aliphatic heterocycles. The Balaban J connectivity index is 1.09. The fourth-order valence-corrected chi connectivity index (χ4v) is 13.9. The summed E-state index contributed by atoms with van der Waals surface area (Å²) in [5, 5.41) is 1.31. The van der Waals surface area contributed by atoms with Gasteiger partial charge in [0.2, 0.25) is 0 Å². The van der Waals surface area contributed by atoms with Crippen molar-refractivity contribution in [3.63, 3.8) is 0 Å². The minimum absolute atomic E-state index is 0.0307. The van der Waals surface area contributed by atoms with Crippen LogP contribution in [0.5, 0.6) is 0 Å². The molecule has 9 aromatic carbocycles. The van der Waals surface area contributed by atoms with E-state index in [9.17, 15) is 0 Å². The second-order valence-corrected chi connectivity index (χ2v) is 20.1. The Hall–Kier alpha value is -7.40. The quantitative estimate of drug-likeness (QED) is 0.163. The minimum Gasteiger partial charge on any atom is -0.311 e. The van der Waals surface area contributed by atoms with Crippen LogP contribution in [0.1, 0.15) is 58.7 Å². The highest BCUT2D eigenvalue weighted by Gasteiger charge is 2.53. The molecule has 66 heavy (non-hydrogen) atoms. The lowest BCUT2D eigenvalue weighted by Gasteiger charge is -2.43. The predicted octanol–water partition coefficient (Wildman–Crippen LogP) is 14.7. The van der Waals surface area contributed by atoms with E-state index in [1.54, 1.807) is 0 Å². The van der Waals surface area contributed by atoms with E-state index in [0.29, 0.717) is 5.92 Å². The first kappa shape index (κ1) is 37.9. The first-order valence-corrected chi connectivity index (χ1v) is 24.2. The number of rotatable bonds is 4. The third-order valence-electron chi connectivity index (χ3n) is 15.3. The van der Waals surface area contributed by atoms with Gasteiger partial charge in [0.05, 0.1) is 11.1 Å². The maximum atomic E-state index is 2.61. The van der Waals surface area contributed by atoms with Crippen molar-refractivity contribution < 1.29 is 0 Å². The predicted molar refractivity (Wildman–Crippen MR) is 281 cm³/mol. The van der Waals surface area contributed by atoms with Crippen LogP contribution < -0.4 is 25.5 Å². The zero-order valence-corrected chi connectivity index (χ0v) is 38.2. The molecule has 312 valence electrons. The van der Waals surface area contributed by atoms with Crippen LogP contribution in [0.4, 0.5) is 34.1 Å². The molecular weight excluding hydrogens is 816 g/mol. The Morgan fingerprint density at radius 3 is 1.76 bits per heavy atom. The van der Waals surface area contributed by atoms with E-state index in [0.717, 1.165) is 5.69 Å². The van der Waals surface area contributed by atoms with E-state index in [4.69, 9.17) is 0 Å². The van der Waals surface area contributed by atoms with Crippen LogP contribution in [0.2, 0.25) is 0 Å². The number of fused-ring (bicyclic) bond motifs is 16. The van der Waals surface area contributed by atoms with Crippen molar-refractivity contribution in [1.29, 1.82) is 0 Å². The van der Waals surface area contributed by atoms with Crippen molar-refractivity contribution in [3.05, 3.63) is 233 Å². The molecule has 0 unspecified atom stereocenters. The van der Waals surface area contributed by atoms with E-state index < -0.39 is 5.41 Å². The van der Waals surface area contributed by atoms with Crippen LogP contribution in [-0.4, -0.2) is 6.71 Å². The van der Waals surface area contributed by atoms with Crippen molar-refractivity contribution >= 4 is 78.0 Å². The molecule has 2 nitrogen and oxygen atoms in total. The normalized spacial score (nSPS) is 14.2. The molecule has 0 saturated heterocycles. The van der Waals surface area contributed by atoms with Crippen LogP contribution in [0.25, 0.3) is 43.5 Å². The molecule has 2 aliphatic carbocycles. The van der Waals surface area contributed by atoms with Gasteiger partial charge in [-0.3, -0.25) is 0 Å². The van der Waals surface area contributed by atoms with Gasteiger partial charge in [-0.25, -0.2) is 0 Å². The van der Waals surface area contributed by atoms with Crippen molar-refractivity contribution in [3.8, 4) is 33.4 Å². The van der Waals surface area contributed by atoms with Gasteiger partial charge in [0.1, 0.15) is 0 Å². The molecule has 4 heteroatoms. The largest absolute Gasteiger partial charge is 0.311 e. The number of aryl methyl sites for hydroxylation is 2. The van der Waals surface area contributed by atoms with Crippen LogP contribution in [0.15, 0.2) is 194 Å². The highest BCUT2D eigenvalue weighted by atomic mass is 32.1. The summed E-state index contributed by atoms with van der Waals surface area (Å²) in [6.45, 7) is 9.16. The van der Waals surface area contributed by atoms with Gasteiger partial charge in [0.25, 0.3) is 6.71 Å². The Morgan fingerprint density at radius 2 is 1.08 bits per heavy atom. The minimum atomic E-state index is -0.422. The van der Waals surface area contributed by atoms with Crippen molar-refractivity contribution in [2.24, 2.45) is 0 Å². The van der Waals surface area contributed by atoms with E-state index >= 15 is 0 Å². The Labute approximate surface area is 391 Å². The summed E-state index contributed by atoms with van der Waals surface area (Å²) >= 11 is 2.00. The fourth-order valence-electron chi connectivity index (χ4n) is 12.5. The first-order chi connectivity index (χ1) is 32.4. The van der Waals surface area contributed by atoms with Crippen LogP contribution in [0, 0.1) is 13.8 Å². The molecule has 4 aliphatic rings. The van der Waals surface area contributed by atoms with Gasteiger partial charge in [-0.05, 0) is 158 Å². The summed E-state index contributed by atoms with van der Waals surface area (Å²) in [4.78, 5) is 5.11. The molecular formula is C62H45BN2S. The molecule has 14 rings (SSSR count). The number of anilines is 6. The summed E-state index contributed by atoms with van der Waals surface area (Å²) in [6.07, 6.45) is 0. The molecule has 0 radical (unpaired) electrons. The number of hydrogen-bond donors (Lipinski definition) is 0. The first-order valence-electron chi connectivity index (χ1n) is 23.4. The molecule has 1 aromatic heterocycles. The third-order valence-corrected chi connectivity index (χ3v) is 16.5. The smallest absolute Gasteiger partial charge is 0.264 e. The second kappa shape index (κ2) is 13.8. The second-order valence-electron chi connectivity index (χ2n) is 19.0. The zero-order valence-electron chi connectivity index (χ0n) is 37.4. The summed E-state index contributed by atoms with van der Waals surface area (Å²) in [7, 11) is 0. The number of thiophene rings is 1. The highest BCUT2D eigenvalue weighted by Crippen LogP contribution is 2.64.